The monoisotopic (exact) mass is 295 g/mol. The first-order valence-electron chi connectivity index (χ1n) is 7.59. The van der Waals surface area contributed by atoms with Gasteiger partial charge in [-0.15, -0.1) is 11.6 Å². The number of likely N-dealkylation sites (tertiary alicyclic amines) is 1. The highest BCUT2D eigenvalue weighted by atomic mass is 35.5. The van der Waals surface area contributed by atoms with Gasteiger partial charge < -0.3 is 14.4 Å². The molecule has 0 bridgehead atoms. The SMILES string of the molecule is ClC(CN1CCCCCC1)c1ccc2c(c1)OCCO2. The Kier molecular flexibility index (Phi) is 4.69. The molecule has 0 spiro atoms. The summed E-state index contributed by atoms with van der Waals surface area (Å²) in [6, 6.07) is 6.06. The lowest BCUT2D eigenvalue weighted by molar-refractivity contribution is 0.171. The van der Waals surface area contributed by atoms with Gasteiger partial charge in [0.2, 0.25) is 0 Å². The zero-order valence-corrected chi connectivity index (χ0v) is 12.6. The molecule has 3 nitrogen and oxygen atoms in total. The normalized spacial score (nSPS) is 21.2. The first kappa shape index (κ1) is 14.0. The molecule has 1 saturated heterocycles. The zero-order chi connectivity index (χ0) is 13.8. The number of hydrogen-bond donors (Lipinski definition) is 0. The standard InChI is InChI=1S/C16H22ClNO2/c17-14(12-18-7-3-1-2-4-8-18)13-5-6-15-16(11-13)20-10-9-19-15/h5-6,11,14H,1-4,7-10,12H2. The summed E-state index contributed by atoms with van der Waals surface area (Å²) in [5, 5.41) is 0.0175. The number of alkyl halides is 1. The van der Waals surface area contributed by atoms with Gasteiger partial charge in [-0.1, -0.05) is 18.9 Å². The molecule has 1 fully saturated rings. The summed E-state index contributed by atoms with van der Waals surface area (Å²) >= 11 is 6.60. The molecule has 3 rings (SSSR count). The first-order chi connectivity index (χ1) is 9.83. The van der Waals surface area contributed by atoms with Crippen molar-refractivity contribution < 1.29 is 9.47 Å². The van der Waals surface area contributed by atoms with Crippen LogP contribution >= 0.6 is 11.6 Å². The van der Waals surface area contributed by atoms with Gasteiger partial charge in [-0.05, 0) is 43.6 Å². The predicted molar refractivity (Wildman–Crippen MR) is 80.9 cm³/mol. The van der Waals surface area contributed by atoms with Crippen molar-refractivity contribution in [3.05, 3.63) is 23.8 Å². The minimum absolute atomic E-state index is 0.0175. The Morgan fingerprint density at radius 1 is 1.00 bits per heavy atom. The Hall–Kier alpha value is -0.930. The third-order valence-corrected chi connectivity index (χ3v) is 4.44. The number of halogens is 1. The molecule has 2 heterocycles. The highest BCUT2D eigenvalue weighted by molar-refractivity contribution is 6.21. The third-order valence-electron chi connectivity index (χ3n) is 4.05. The topological polar surface area (TPSA) is 21.7 Å². The Labute approximate surface area is 125 Å². The Morgan fingerprint density at radius 3 is 2.45 bits per heavy atom. The predicted octanol–water partition coefficient (Wildman–Crippen LogP) is 3.61. The van der Waals surface area contributed by atoms with Crippen LogP contribution < -0.4 is 9.47 Å². The molecule has 20 heavy (non-hydrogen) atoms. The van der Waals surface area contributed by atoms with E-state index in [4.69, 9.17) is 21.1 Å². The molecule has 1 aromatic rings. The number of nitrogens with zero attached hydrogens (tertiary/aromatic N) is 1. The largest absolute Gasteiger partial charge is 0.486 e. The molecule has 0 aromatic heterocycles. The van der Waals surface area contributed by atoms with Gasteiger partial charge in [-0.2, -0.15) is 0 Å². The maximum Gasteiger partial charge on any atom is 0.161 e. The Balaban J connectivity index is 1.65. The van der Waals surface area contributed by atoms with Crippen molar-refractivity contribution in [3.63, 3.8) is 0 Å². The fraction of sp³-hybridized carbons (Fsp3) is 0.625. The summed E-state index contributed by atoms with van der Waals surface area (Å²) in [6.07, 6.45) is 5.30. The molecule has 1 aromatic carbocycles. The van der Waals surface area contributed by atoms with Crippen molar-refractivity contribution in [1.82, 2.24) is 4.90 Å². The molecule has 0 amide bonds. The molecular weight excluding hydrogens is 274 g/mol. The average Bonchev–Trinajstić information content (AvgIpc) is 2.75. The van der Waals surface area contributed by atoms with Crippen molar-refractivity contribution >= 4 is 11.6 Å². The second-order valence-corrected chi connectivity index (χ2v) is 6.11. The van der Waals surface area contributed by atoms with E-state index in [9.17, 15) is 0 Å². The molecule has 1 unspecified atom stereocenters. The minimum Gasteiger partial charge on any atom is -0.486 e. The quantitative estimate of drug-likeness (QED) is 0.795. The molecule has 0 radical (unpaired) electrons. The van der Waals surface area contributed by atoms with Crippen LogP contribution in [0.4, 0.5) is 0 Å². The van der Waals surface area contributed by atoms with E-state index in [0.717, 1.165) is 23.6 Å². The highest BCUT2D eigenvalue weighted by Crippen LogP contribution is 2.34. The summed E-state index contributed by atoms with van der Waals surface area (Å²) in [5.41, 5.74) is 1.13. The maximum atomic E-state index is 6.60. The van der Waals surface area contributed by atoms with E-state index in [1.165, 1.54) is 38.8 Å². The fourth-order valence-corrected chi connectivity index (χ4v) is 3.24. The molecule has 2 aliphatic rings. The van der Waals surface area contributed by atoms with Crippen molar-refractivity contribution in [2.24, 2.45) is 0 Å². The van der Waals surface area contributed by atoms with Crippen LogP contribution in [0.25, 0.3) is 0 Å². The minimum atomic E-state index is 0.0175. The summed E-state index contributed by atoms with van der Waals surface area (Å²) in [6.45, 7) is 4.52. The van der Waals surface area contributed by atoms with Crippen LogP contribution in [-0.4, -0.2) is 37.7 Å². The molecule has 2 aliphatic heterocycles. The lowest BCUT2D eigenvalue weighted by atomic mass is 10.1. The van der Waals surface area contributed by atoms with Gasteiger partial charge in [-0.3, -0.25) is 0 Å². The molecule has 0 N–H and O–H groups in total. The van der Waals surface area contributed by atoms with Gasteiger partial charge in [0.1, 0.15) is 13.2 Å². The van der Waals surface area contributed by atoms with Crippen molar-refractivity contribution in [2.75, 3.05) is 32.8 Å². The van der Waals surface area contributed by atoms with E-state index >= 15 is 0 Å². The van der Waals surface area contributed by atoms with E-state index in [2.05, 4.69) is 11.0 Å². The number of ether oxygens (including phenoxy) is 2. The second kappa shape index (κ2) is 6.68. The van der Waals surface area contributed by atoms with Crippen LogP contribution in [0.1, 0.15) is 36.6 Å². The highest BCUT2D eigenvalue weighted by Gasteiger charge is 2.18. The zero-order valence-electron chi connectivity index (χ0n) is 11.8. The Bertz CT molecular complexity index is 444. The van der Waals surface area contributed by atoms with Crippen molar-refractivity contribution in [2.45, 2.75) is 31.1 Å². The first-order valence-corrected chi connectivity index (χ1v) is 8.02. The lowest BCUT2D eigenvalue weighted by Gasteiger charge is -2.24. The second-order valence-electron chi connectivity index (χ2n) is 5.59. The van der Waals surface area contributed by atoms with E-state index in [1.807, 2.05) is 12.1 Å². The maximum absolute atomic E-state index is 6.60. The van der Waals surface area contributed by atoms with Crippen LogP contribution in [0.5, 0.6) is 11.5 Å². The number of fused-ring (bicyclic) bond motifs is 1. The van der Waals surface area contributed by atoms with Gasteiger partial charge in [0.05, 0.1) is 5.38 Å². The van der Waals surface area contributed by atoms with Crippen LogP contribution in [-0.2, 0) is 0 Å². The van der Waals surface area contributed by atoms with Crippen molar-refractivity contribution in [1.29, 1.82) is 0 Å². The number of rotatable bonds is 3. The van der Waals surface area contributed by atoms with E-state index in [-0.39, 0.29) is 5.38 Å². The van der Waals surface area contributed by atoms with Crippen LogP contribution in [0, 0.1) is 0 Å². The average molecular weight is 296 g/mol. The van der Waals surface area contributed by atoms with Gasteiger partial charge in [-0.25, -0.2) is 0 Å². The third kappa shape index (κ3) is 3.39. The number of hydrogen-bond acceptors (Lipinski definition) is 3. The van der Waals surface area contributed by atoms with Crippen LogP contribution in [0.2, 0.25) is 0 Å². The smallest absolute Gasteiger partial charge is 0.161 e. The molecule has 110 valence electrons. The van der Waals surface area contributed by atoms with Gasteiger partial charge in [0.25, 0.3) is 0 Å². The summed E-state index contributed by atoms with van der Waals surface area (Å²) < 4.78 is 11.2. The molecular formula is C16H22ClNO2. The van der Waals surface area contributed by atoms with Crippen LogP contribution in [0.3, 0.4) is 0 Å². The van der Waals surface area contributed by atoms with E-state index in [0.29, 0.717) is 13.2 Å². The molecule has 0 aliphatic carbocycles. The summed E-state index contributed by atoms with van der Waals surface area (Å²) in [7, 11) is 0. The van der Waals surface area contributed by atoms with Gasteiger partial charge in [0.15, 0.2) is 11.5 Å². The molecule has 0 saturated carbocycles. The van der Waals surface area contributed by atoms with Crippen molar-refractivity contribution in [3.8, 4) is 11.5 Å². The Morgan fingerprint density at radius 2 is 1.70 bits per heavy atom. The lowest BCUT2D eigenvalue weighted by Crippen LogP contribution is -2.28. The molecule has 4 heteroatoms. The number of benzene rings is 1. The van der Waals surface area contributed by atoms with E-state index in [1.54, 1.807) is 0 Å². The van der Waals surface area contributed by atoms with Gasteiger partial charge in [0, 0.05) is 6.54 Å². The molecule has 1 atom stereocenters. The van der Waals surface area contributed by atoms with Gasteiger partial charge >= 0.3 is 0 Å². The van der Waals surface area contributed by atoms with E-state index < -0.39 is 0 Å². The summed E-state index contributed by atoms with van der Waals surface area (Å²) in [5.74, 6) is 1.66. The van der Waals surface area contributed by atoms with Crippen LogP contribution in [0.15, 0.2) is 18.2 Å². The fourth-order valence-electron chi connectivity index (χ4n) is 2.91. The summed E-state index contributed by atoms with van der Waals surface area (Å²) in [4.78, 5) is 2.49.